The lowest BCUT2D eigenvalue weighted by molar-refractivity contribution is 0.1000. The van der Waals surface area contributed by atoms with E-state index in [1.54, 1.807) is 6.92 Å². The van der Waals surface area contributed by atoms with Gasteiger partial charge in [0.25, 0.3) is 0 Å². The lowest BCUT2D eigenvalue weighted by Gasteiger charge is -2.14. The number of nitrogens with two attached hydrogens (primary N) is 1. The molecular weight excluding hydrogens is 288 g/mol. The molecule has 2 rings (SSSR count). The molecule has 0 saturated heterocycles. The van der Waals surface area contributed by atoms with Crippen molar-refractivity contribution < 1.29 is 13.2 Å². The second-order valence-corrected chi connectivity index (χ2v) is 6.36. The van der Waals surface area contributed by atoms with E-state index in [-0.39, 0.29) is 16.5 Å². The Morgan fingerprint density at radius 1 is 1.05 bits per heavy atom. The van der Waals surface area contributed by atoms with E-state index in [1.807, 2.05) is 30.3 Å². The van der Waals surface area contributed by atoms with E-state index in [1.165, 1.54) is 24.3 Å². The number of hydrogen-bond acceptors (Lipinski definition) is 3. The van der Waals surface area contributed by atoms with E-state index in [0.717, 1.165) is 5.56 Å². The number of nitrogens with one attached hydrogen (secondary N) is 1. The van der Waals surface area contributed by atoms with Gasteiger partial charge in [0.15, 0.2) is 0 Å². The SMILES string of the molecule is CC(NS(=O)(=O)c1ccc(C(N)=O)cc1)c1ccccc1. The molecule has 0 fully saturated rings. The first kappa shape index (κ1) is 15.2. The third-order valence-corrected chi connectivity index (χ3v) is 4.64. The highest BCUT2D eigenvalue weighted by Gasteiger charge is 2.18. The number of primary amides is 1. The summed E-state index contributed by atoms with van der Waals surface area (Å²) in [6.45, 7) is 1.77. The van der Waals surface area contributed by atoms with Crippen molar-refractivity contribution in [3.8, 4) is 0 Å². The minimum atomic E-state index is -3.65. The zero-order valence-corrected chi connectivity index (χ0v) is 12.3. The largest absolute Gasteiger partial charge is 0.366 e. The summed E-state index contributed by atoms with van der Waals surface area (Å²) in [5.74, 6) is -0.593. The molecule has 6 heteroatoms. The monoisotopic (exact) mass is 304 g/mol. The van der Waals surface area contributed by atoms with Gasteiger partial charge in [-0.25, -0.2) is 13.1 Å². The van der Waals surface area contributed by atoms with Gasteiger partial charge >= 0.3 is 0 Å². The standard InChI is InChI=1S/C15H16N2O3S/c1-11(12-5-3-2-4-6-12)17-21(19,20)14-9-7-13(8-10-14)15(16)18/h2-11,17H,1H3,(H2,16,18). The number of rotatable bonds is 5. The van der Waals surface area contributed by atoms with Crippen LogP contribution in [-0.2, 0) is 10.0 Å². The summed E-state index contributed by atoms with van der Waals surface area (Å²) in [4.78, 5) is 11.1. The van der Waals surface area contributed by atoms with Gasteiger partial charge in [-0.2, -0.15) is 0 Å². The van der Waals surface area contributed by atoms with Crippen molar-refractivity contribution in [2.24, 2.45) is 5.73 Å². The Morgan fingerprint density at radius 2 is 1.62 bits per heavy atom. The van der Waals surface area contributed by atoms with Gasteiger partial charge in [-0.15, -0.1) is 0 Å². The van der Waals surface area contributed by atoms with E-state index in [4.69, 9.17) is 5.73 Å². The molecule has 21 heavy (non-hydrogen) atoms. The minimum absolute atomic E-state index is 0.0929. The van der Waals surface area contributed by atoms with Crippen molar-refractivity contribution in [2.75, 3.05) is 0 Å². The molecule has 0 spiro atoms. The van der Waals surface area contributed by atoms with Gasteiger partial charge in [0.2, 0.25) is 15.9 Å². The molecule has 0 aliphatic heterocycles. The van der Waals surface area contributed by atoms with Crippen molar-refractivity contribution >= 4 is 15.9 Å². The van der Waals surface area contributed by atoms with Gasteiger partial charge in [-0.1, -0.05) is 30.3 Å². The van der Waals surface area contributed by atoms with E-state index >= 15 is 0 Å². The molecule has 0 heterocycles. The predicted octanol–water partition coefficient (Wildman–Crippen LogP) is 1.82. The number of carbonyl (C=O) groups excluding carboxylic acids is 1. The van der Waals surface area contributed by atoms with E-state index < -0.39 is 15.9 Å². The number of carbonyl (C=O) groups is 1. The second kappa shape index (κ2) is 6.07. The van der Waals surface area contributed by atoms with Crippen LogP contribution in [0.1, 0.15) is 28.9 Å². The number of hydrogen-bond donors (Lipinski definition) is 2. The summed E-state index contributed by atoms with van der Waals surface area (Å²) in [5.41, 5.74) is 6.26. The number of benzene rings is 2. The van der Waals surface area contributed by atoms with Crippen LogP contribution in [0.25, 0.3) is 0 Å². The average molecular weight is 304 g/mol. The normalized spacial score (nSPS) is 12.8. The van der Waals surface area contributed by atoms with Gasteiger partial charge in [0.1, 0.15) is 0 Å². The molecule has 0 saturated carbocycles. The molecule has 1 unspecified atom stereocenters. The van der Waals surface area contributed by atoms with Gasteiger partial charge in [0, 0.05) is 11.6 Å². The lowest BCUT2D eigenvalue weighted by Crippen LogP contribution is -2.27. The highest BCUT2D eigenvalue weighted by atomic mass is 32.2. The van der Waals surface area contributed by atoms with Gasteiger partial charge < -0.3 is 5.73 Å². The lowest BCUT2D eigenvalue weighted by atomic mass is 10.1. The summed E-state index contributed by atoms with van der Waals surface area (Å²) < 4.78 is 27.1. The Morgan fingerprint density at radius 3 is 2.14 bits per heavy atom. The maximum Gasteiger partial charge on any atom is 0.248 e. The average Bonchev–Trinajstić information content (AvgIpc) is 2.48. The van der Waals surface area contributed by atoms with Gasteiger partial charge in [0.05, 0.1) is 4.90 Å². The van der Waals surface area contributed by atoms with Gasteiger partial charge in [-0.05, 0) is 36.8 Å². The molecule has 2 aromatic rings. The third kappa shape index (κ3) is 3.68. The number of sulfonamides is 1. The molecule has 0 bridgehead atoms. The molecule has 0 aliphatic carbocycles. The first-order valence-electron chi connectivity index (χ1n) is 6.37. The van der Waals surface area contributed by atoms with Crippen LogP contribution < -0.4 is 10.5 Å². The highest BCUT2D eigenvalue weighted by Crippen LogP contribution is 2.17. The topological polar surface area (TPSA) is 89.3 Å². The Hall–Kier alpha value is -2.18. The molecule has 3 N–H and O–H groups in total. The predicted molar refractivity (Wildman–Crippen MR) is 80.1 cm³/mol. The van der Waals surface area contributed by atoms with Crippen LogP contribution in [0.3, 0.4) is 0 Å². The molecule has 1 atom stereocenters. The van der Waals surface area contributed by atoms with Crippen molar-refractivity contribution in [1.82, 2.24) is 4.72 Å². The summed E-state index contributed by atoms with van der Waals surface area (Å²) >= 11 is 0. The van der Waals surface area contributed by atoms with E-state index in [2.05, 4.69) is 4.72 Å². The summed E-state index contributed by atoms with van der Waals surface area (Å²) in [7, 11) is -3.65. The van der Waals surface area contributed by atoms with Gasteiger partial charge in [-0.3, -0.25) is 4.79 Å². The number of amides is 1. The Bertz CT molecular complexity index is 725. The van der Waals surface area contributed by atoms with Crippen LogP contribution in [0.5, 0.6) is 0 Å². The van der Waals surface area contributed by atoms with Crippen LogP contribution in [0, 0.1) is 0 Å². The van der Waals surface area contributed by atoms with Crippen LogP contribution in [0.2, 0.25) is 0 Å². The highest BCUT2D eigenvalue weighted by molar-refractivity contribution is 7.89. The quantitative estimate of drug-likeness (QED) is 0.883. The Balaban J connectivity index is 2.20. The second-order valence-electron chi connectivity index (χ2n) is 4.64. The minimum Gasteiger partial charge on any atom is -0.366 e. The van der Waals surface area contributed by atoms with Crippen molar-refractivity contribution in [3.63, 3.8) is 0 Å². The molecule has 110 valence electrons. The molecule has 5 nitrogen and oxygen atoms in total. The maximum absolute atomic E-state index is 12.3. The first-order valence-corrected chi connectivity index (χ1v) is 7.85. The smallest absolute Gasteiger partial charge is 0.248 e. The van der Waals surface area contributed by atoms with Crippen molar-refractivity contribution in [3.05, 3.63) is 65.7 Å². The zero-order valence-electron chi connectivity index (χ0n) is 11.5. The molecular formula is C15H16N2O3S. The van der Waals surface area contributed by atoms with Crippen molar-refractivity contribution in [2.45, 2.75) is 17.9 Å². The fourth-order valence-corrected chi connectivity index (χ4v) is 3.14. The summed E-state index contributed by atoms with van der Waals surface area (Å²) in [5, 5.41) is 0. The molecule has 0 aliphatic rings. The summed E-state index contributed by atoms with van der Waals surface area (Å²) in [6, 6.07) is 14.4. The Labute approximate surface area is 123 Å². The van der Waals surface area contributed by atoms with Crippen LogP contribution in [0.4, 0.5) is 0 Å². The zero-order chi connectivity index (χ0) is 15.5. The molecule has 2 aromatic carbocycles. The third-order valence-electron chi connectivity index (χ3n) is 3.08. The fraction of sp³-hybridized carbons (Fsp3) is 0.133. The van der Waals surface area contributed by atoms with E-state index in [9.17, 15) is 13.2 Å². The molecule has 0 radical (unpaired) electrons. The first-order chi connectivity index (χ1) is 9.90. The maximum atomic E-state index is 12.3. The molecule has 1 amide bonds. The molecule has 0 aromatic heterocycles. The summed E-state index contributed by atoms with van der Waals surface area (Å²) in [6.07, 6.45) is 0. The Kier molecular flexibility index (Phi) is 4.40. The van der Waals surface area contributed by atoms with Crippen LogP contribution in [0.15, 0.2) is 59.5 Å². The van der Waals surface area contributed by atoms with E-state index in [0.29, 0.717) is 0 Å². The fourth-order valence-electron chi connectivity index (χ4n) is 1.91. The van der Waals surface area contributed by atoms with Crippen LogP contribution in [-0.4, -0.2) is 14.3 Å². The van der Waals surface area contributed by atoms with Crippen molar-refractivity contribution in [1.29, 1.82) is 0 Å². The van der Waals surface area contributed by atoms with Crippen LogP contribution >= 0.6 is 0 Å².